The molecule has 5 nitrogen and oxygen atoms in total. The van der Waals surface area contributed by atoms with Gasteiger partial charge < -0.3 is 15.0 Å². The molecule has 0 unspecified atom stereocenters. The van der Waals surface area contributed by atoms with Crippen LogP contribution in [0.3, 0.4) is 0 Å². The van der Waals surface area contributed by atoms with Crippen LogP contribution < -0.4 is 15.0 Å². The highest BCUT2D eigenvalue weighted by Crippen LogP contribution is 2.32. The minimum absolute atomic E-state index is 0.0314. The Kier molecular flexibility index (Phi) is 5.36. The first-order valence-corrected chi connectivity index (χ1v) is 9.99. The summed E-state index contributed by atoms with van der Waals surface area (Å²) >= 11 is 3.47. The molecule has 0 saturated heterocycles. The number of ether oxygens (including phenoxy) is 1. The molecule has 1 heterocycles. The second kappa shape index (κ2) is 8.09. The maximum absolute atomic E-state index is 12.5. The van der Waals surface area contributed by atoms with Crippen LogP contribution in [0, 0.1) is 6.92 Å². The zero-order chi connectivity index (χ0) is 20.4. The fourth-order valence-corrected chi connectivity index (χ4v) is 3.52. The van der Waals surface area contributed by atoms with Gasteiger partial charge in [0.1, 0.15) is 5.75 Å². The second-order valence-electron chi connectivity index (χ2n) is 6.85. The molecule has 2 amide bonds. The Morgan fingerprint density at radius 3 is 2.62 bits per heavy atom. The average Bonchev–Trinajstić information content (AvgIpc) is 2.73. The van der Waals surface area contributed by atoms with Gasteiger partial charge in [0.05, 0.1) is 12.2 Å². The lowest BCUT2D eigenvalue weighted by Gasteiger charge is -2.29. The monoisotopic (exact) mass is 450 g/mol. The topological polar surface area (TPSA) is 58.6 Å². The van der Waals surface area contributed by atoms with Crippen LogP contribution in [0.1, 0.15) is 21.5 Å². The van der Waals surface area contributed by atoms with Gasteiger partial charge in [0, 0.05) is 15.7 Å². The van der Waals surface area contributed by atoms with Gasteiger partial charge >= 0.3 is 0 Å². The van der Waals surface area contributed by atoms with Gasteiger partial charge in [-0.3, -0.25) is 9.59 Å². The third-order valence-corrected chi connectivity index (χ3v) is 5.65. The minimum Gasteiger partial charge on any atom is -0.482 e. The molecule has 146 valence electrons. The van der Waals surface area contributed by atoms with Crippen molar-refractivity contribution < 1.29 is 14.3 Å². The molecule has 0 bridgehead atoms. The van der Waals surface area contributed by atoms with E-state index in [1.54, 1.807) is 17.0 Å². The zero-order valence-corrected chi connectivity index (χ0v) is 17.4. The number of para-hydroxylation sites is 2. The van der Waals surface area contributed by atoms with Crippen molar-refractivity contribution in [1.29, 1.82) is 0 Å². The third kappa shape index (κ3) is 4.17. The van der Waals surface area contributed by atoms with Gasteiger partial charge in [0.15, 0.2) is 6.61 Å². The molecule has 1 aliphatic rings. The number of hydrogen-bond acceptors (Lipinski definition) is 3. The fraction of sp³-hybridized carbons (Fsp3) is 0.130. The van der Waals surface area contributed by atoms with Crippen molar-refractivity contribution >= 4 is 39.1 Å². The molecule has 0 aromatic heterocycles. The van der Waals surface area contributed by atoms with E-state index >= 15 is 0 Å². The Bertz CT molecular complexity index is 1080. The number of nitrogens with one attached hydrogen (secondary N) is 1. The van der Waals surface area contributed by atoms with Crippen molar-refractivity contribution in [2.24, 2.45) is 0 Å². The molecular weight excluding hydrogens is 432 g/mol. The number of nitrogens with zero attached hydrogens (tertiary/aromatic N) is 1. The number of fused-ring (bicyclic) bond motifs is 1. The molecule has 0 atom stereocenters. The van der Waals surface area contributed by atoms with E-state index in [9.17, 15) is 9.59 Å². The highest BCUT2D eigenvalue weighted by molar-refractivity contribution is 9.10. The average molecular weight is 451 g/mol. The lowest BCUT2D eigenvalue weighted by Crippen LogP contribution is -2.38. The number of rotatable bonds is 4. The summed E-state index contributed by atoms with van der Waals surface area (Å²) in [5, 5.41) is 2.90. The van der Waals surface area contributed by atoms with Crippen molar-refractivity contribution in [3.05, 3.63) is 87.9 Å². The molecule has 0 spiro atoms. The minimum atomic E-state index is -0.180. The fourth-order valence-electron chi connectivity index (χ4n) is 3.15. The highest BCUT2D eigenvalue weighted by atomic mass is 79.9. The van der Waals surface area contributed by atoms with E-state index < -0.39 is 0 Å². The van der Waals surface area contributed by atoms with Gasteiger partial charge in [-0.1, -0.05) is 46.3 Å². The van der Waals surface area contributed by atoms with Crippen LogP contribution in [-0.2, 0) is 11.3 Å². The van der Waals surface area contributed by atoms with Crippen LogP contribution in [-0.4, -0.2) is 18.4 Å². The Morgan fingerprint density at radius 2 is 1.86 bits per heavy atom. The molecule has 1 aliphatic heterocycles. The number of benzene rings is 3. The maximum Gasteiger partial charge on any atom is 0.265 e. The molecule has 0 aliphatic carbocycles. The number of hydrogen-bond donors (Lipinski definition) is 1. The van der Waals surface area contributed by atoms with Crippen molar-refractivity contribution in [2.75, 3.05) is 16.8 Å². The summed E-state index contributed by atoms with van der Waals surface area (Å²) in [5.74, 6) is 0.433. The number of amides is 2. The molecule has 0 fully saturated rings. The summed E-state index contributed by atoms with van der Waals surface area (Å²) in [6, 6.07) is 20.4. The maximum atomic E-state index is 12.5. The van der Waals surface area contributed by atoms with Crippen molar-refractivity contribution in [3.8, 4) is 5.75 Å². The summed E-state index contributed by atoms with van der Waals surface area (Å²) in [4.78, 5) is 26.6. The Balaban J connectivity index is 1.47. The number of carbonyl (C=O) groups excluding carboxylic acids is 2. The summed E-state index contributed by atoms with van der Waals surface area (Å²) in [5.41, 5.74) is 4.08. The first kappa shape index (κ1) is 19.2. The molecule has 29 heavy (non-hydrogen) atoms. The van der Waals surface area contributed by atoms with Gasteiger partial charge in [-0.25, -0.2) is 0 Å². The van der Waals surface area contributed by atoms with Gasteiger partial charge in [0.25, 0.3) is 11.8 Å². The first-order valence-electron chi connectivity index (χ1n) is 9.20. The van der Waals surface area contributed by atoms with Crippen molar-refractivity contribution in [3.63, 3.8) is 0 Å². The zero-order valence-electron chi connectivity index (χ0n) is 15.8. The Hall–Kier alpha value is -3.12. The molecule has 3 aromatic carbocycles. The van der Waals surface area contributed by atoms with E-state index in [1.807, 2.05) is 61.5 Å². The Morgan fingerprint density at radius 1 is 1.10 bits per heavy atom. The molecule has 3 aromatic rings. The lowest BCUT2D eigenvalue weighted by molar-refractivity contribution is -0.121. The first-order chi connectivity index (χ1) is 14.0. The third-order valence-electron chi connectivity index (χ3n) is 4.79. The van der Waals surface area contributed by atoms with E-state index in [0.29, 0.717) is 17.9 Å². The van der Waals surface area contributed by atoms with Crippen LogP contribution >= 0.6 is 15.9 Å². The number of aryl methyl sites for hydroxylation is 1. The largest absolute Gasteiger partial charge is 0.482 e. The number of halogens is 1. The SMILES string of the molecule is Cc1ccc(NC(=O)c2ccc(CN3C(=O)COc4ccccc43)cc2)cc1Br. The van der Waals surface area contributed by atoms with Gasteiger partial charge in [0.2, 0.25) is 0 Å². The predicted molar refractivity (Wildman–Crippen MR) is 116 cm³/mol. The second-order valence-corrected chi connectivity index (χ2v) is 7.71. The number of anilines is 2. The van der Waals surface area contributed by atoms with E-state index in [0.717, 1.165) is 27.0 Å². The van der Waals surface area contributed by atoms with Crippen LogP contribution in [0.4, 0.5) is 11.4 Å². The van der Waals surface area contributed by atoms with E-state index in [4.69, 9.17) is 4.74 Å². The molecule has 4 rings (SSSR count). The summed E-state index contributed by atoms with van der Waals surface area (Å²) in [6.07, 6.45) is 0. The molecule has 0 saturated carbocycles. The quantitative estimate of drug-likeness (QED) is 0.612. The molecule has 1 N–H and O–H groups in total. The lowest BCUT2D eigenvalue weighted by atomic mass is 10.1. The van der Waals surface area contributed by atoms with Gasteiger partial charge in [-0.2, -0.15) is 0 Å². The predicted octanol–water partition coefficient (Wildman–Crippen LogP) is 4.94. The van der Waals surface area contributed by atoms with Gasteiger partial charge in [-0.05, 0) is 54.4 Å². The summed E-state index contributed by atoms with van der Waals surface area (Å²) in [7, 11) is 0. The highest BCUT2D eigenvalue weighted by Gasteiger charge is 2.25. The van der Waals surface area contributed by atoms with Crippen molar-refractivity contribution in [2.45, 2.75) is 13.5 Å². The van der Waals surface area contributed by atoms with E-state index in [2.05, 4.69) is 21.2 Å². The van der Waals surface area contributed by atoms with E-state index in [1.165, 1.54) is 0 Å². The van der Waals surface area contributed by atoms with Crippen LogP contribution in [0.15, 0.2) is 71.2 Å². The summed E-state index contributed by atoms with van der Waals surface area (Å²) in [6.45, 7) is 2.45. The van der Waals surface area contributed by atoms with Crippen LogP contribution in [0.5, 0.6) is 5.75 Å². The number of carbonyl (C=O) groups is 2. The normalized spacial score (nSPS) is 12.9. The summed E-state index contributed by atoms with van der Waals surface area (Å²) < 4.78 is 6.42. The standard InChI is InChI=1S/C23H19BrN2O3/c1-15-6-11-18(12-19(15)24)25-23(28)17-9-7-16(8-10-17)13-26-20-4-2-3-5-21(20)29-14-22(26)27/h2-12H,13-14H2,1H3,(H,25,28). The Labute approximate surface area is 177 Å². The molecule has 0 radical (unpaired) electrons. The van der Waals surface area contributed by atoms with Gasteiger partial charge in [-0.15, -0.1) is 0 Å². The van der Waals surface area contributed by atoms with Crippen molar-refractivity contribution in [1.82, 2.24) is 0 Å². The van der Waals surface area contributed by atoms with Crippen LogP contribution in [0.25, 0.3) is 0 Å². The van der Waals surface area contributed by atoms with Crippen LogP contribution in [0.2, 0.25) is 0 Å². The molecular formula is C23H19BrN2O3. The molecule has 6 heteroatoms. The smallest absolute Gasteiger partial charge is 0.265 e. The van der Waals surface area contributed by atoms with E-state index in [-0.39, 0.29) is 18.4 Å².